The SMILES string of the molecule is Cc1ccc(-c2ccc3nnc(SCc4cn5ccccc5n4)n3n2)cc1. The van der Waals surface area contributed by atoms with Gasteiger partial charge in [-0.25, -0.2) is 4.98 Å². The maximum Gasteiger partial charge on any atom is 0.212 e. The van der Waals surface area contributed by atoms with E-state index in [0.717, 1.165) is 33.4 Å². The zero-order chi connectivity index (χ0) is 18.2. The van der Waals surface area contributed by atoms with Crippen LogP contribution in [-0.4, -0.2) is 29.2 Å². The number of imidazole rings is 1. The molecule has 5 aromatic rings. The Morgan fingerprint density at radius 3 is 2.67 bits per heavy atom. The summed E-state index contributed by atoms with van der Waals surface area (Å²) in [6.45, 7) is 2.08. The van der Waals surface area contributed by atoms with E-state index in [9.17, 15) is 0 Å². The van der Waals surface area contributed by atoms with E-state index < -0.39 is 0 Å². The van der Waals surface area contributed by atoms with E-state index in [2.05, 4.69) is 46.4 Å². The molecule has 0 aliphatic carbocycles. The molecule has 5 rings (SSSR count). The number of thioether (sulfide) groups is 1. The summed E-state index contributed by atoms with van der Waals surface area (Å²) in [5.41, 5.74) is 5.89. The fourth-order valence-corrected chi connectivity index (χ4v) is 3.70. The zero-order valence-electron chi connectivity index (χ0n) is 14.6. The lowest BCUT2D eigenvalue weighted by Gasteiger charge is -2.03. The van der Waals surface area contributed by atoms with Crippen molar-refractivity contribution in [2.45, 2.75) is 17.8 Å². The first-order valence-corrected chi connectivity index (χ1v) is 9.60. The molecule has 7 heteroatoms. The Bertz CT molecular complexity index is 1210. The number of pyridine rings is 1. The van der Waals surface area contributed by atoms with Crippen LogP contribution in [0.15, 0.2) is 72.1 Å². The van der Waals surface area contributed by atoms with Crippen molar-refractivity contribution in [2.24, 2.45) is 0 Å². The Hall–Kier alpha value is -3.19. The van der Waals surface area contributed by atoms with Crippen molar-refractivity contribution in [3.8, 4) is 11.3 Å². The maximum atomic E-state index is 4.74. The van der Waals surface area contributed by atoms with Crippen LogP contribution in [0.5, 0.6) is 0 Å². The highest BCUT2D eigenvalue weighted by atomic mass is 32.2. The van der Waals surface area contributed by atoms with E-state index in [1.165, 1.54) is 5.56 Å². The van der Waals surface area contributed by atoms with Gasteiger partial charge in [0, 0.05) is 23.7 Å². The van der Waals surface area contributed by atoms with Crippen LogP contribution in [-0.2, 0) is 5.75 Å². The lowest BCUT2D eigenvalue weighted by molar-refractivity contribution is 0.812. The number of benzene rings is 1. The fourth-order valence-electron chi connectivity index (χ4n) is 2.93. The van der Waals surface area contributed by atoms with Gasteiger partial charge in [0.05, 0.1) is 11.4 Å². The Labute approximate surface area is 159 Å². The van der Waals surface area contributed by atoms with Crippen molar-refractivity contribution in [1.82, 2.24) is 29.2 Å². The van der Waals surface area contributed by atoms with Crippen molar-refractivity contribution in [1.29, 1.82) is 0 Å². The molecule has 0 spiro atoms. The smallest absolute Gasteiger partial charge is 0.212 e. The normalized spacial score (nSPS) is 11.4. The van der Waals surface area contributed by atoms with E-state index in [4.69, 9.17) is 5.10 Å². The number of rotatable bonds is 4. The Morgan fingerprint density at radius 2 is 1.81 bits per heavy atom. The van der Waals surface area contributed by atoms with Gasteiger partial charge in [0.1, 0.15) is 5.65 Å². The summed E-state index contributed by atoms with van der Waals surface area (Å²) in [5.74, 6) is 0.707. The average molecular weight is 372 g/mol. The maximum absolute atomic E-state index is 4.74. The average Bonchev–Trinajstić information content (AvgIpc) is 3.30. The van der Waals surface area contributed by atoms with E-state index in [1.807, 2.05) is 47.1 Å². The minimum Gasteiger partial charge on any atom is -0.307 e. The van der Waals surface area contributed by atoms with Crippen molar-refractivity contribution in [2.75, 3.05) is 0 Å². The van der Waals surface area contributed by atoms with E-state index >= 15 is 0 Å². The highest BCUT2D eigenvalue weighted by Gasteiger charge is 2.11. The van der Waals surface area contributed by atoms with Crippen molar-refractivity contribution >= 4 is 23.1 Å². The van der Waals surface area contributed by atoms with Crippen LogP contribution in [0.25, 0.3) is 22.6 Å². The highest BCUT2D eigenvalue weighted by Crippen LogP contribution is 2.23. The molecule has 132 valence electrons. The minimum absolute atomic E-state index is 0.707. The van der Waals surface area contributed by atoms with Gasteiger partial charge in [0.15, 0.2) is 5.65 Å². The summed E-state index contributed by atoms with van der Waals surface area (Å²) < 4.78 is 3.82. The lowest BCUT2D eigenvalue weighted by Crippen LogP contribution is -1.96. The molecule has 0 atom stereocenters. The van der Waals surface area contributed by atoms with E-state index in [1.54, 1.807) is 16.3 Å². The highest BCUT2D eigenvalue weighted by molar-refractivity contribution is 7.98. The molecule has 0 bridgehead atoms. The Kier molecular flexibility index (Phi) is 3.86. The fraction of sp³-hybridized carbons (Fsp3) is 0.100. The van der Waals surface area contributed by atoms with Gasteiger partial charge in [-0.1, -0.05) is 47.7 Å². The standard InChI is InChI=1S/C20H16N6S/c1-14-5-7-15(8-6-14)17-9-10-19-22-23-20(26(19)24-17)27-13-16-12-25-11-3-2-4-18(25)21-16/h2-12H,13H2,1H3. The zero-order valence-corrected chi connectivity index (χ0v) is 15.5. The van der Waals surface area contributed by atoms with E-state index in [0.29, 0.717) is 5.75 Å². The van der Waals surface area contributed by atoms with Crippen LogP contribution < -0.4 is 0 Å². The summed E-state index contributed by atoms with van der Waals surface area (Å²) in [6, 6.07) is 18.2. The summed E-state index contributed by atoms with van der Waals surface area (Å²) in [7, 11) is 0. The van der Waals surface area contributed by atoms with Crippen LogP contribution in [0.1, 0.15) is 11.3 Å². The second kappa shape index (κ2) is 6.51. The van der Waals surface area contributed by atoms with Crippen LogP contribution in [0.3, 0.4) is 0 Å². The van der Waals surface area contributed by atoms with Gasteiger partial charge in [0.25, 0.3) is 0 Å². The second-order valence-corrected chi connectivity index (χ2v) is 7.27. The predicted molar refractivity (Wildman–Crippen MR) is 106 cm³/mol. The molecule has 4 aromatic heterocycles. The number of aromatic nitrogens is 6. The Balaban J connectivity index is 1.44. The van der Waals surface area contributed by atoms with Crippen LogP contribution in [0, 0.1) is 6.92 Å². The second-order valence-electron chi connectivity index (χ2n) is 6.32. The molecule has 4 heterocycles. The lowest BCUT2D eigenvalue weighted by atomic mass is 10.1. The van der Waals surface area contributed by atoms with Gasteiger partial charge >= 0.3 is 0 Å². The number of aryl methyl sites for hydroxylation is 1. The first kappa shape index (κ1) is 16.0. The van der Waals surface area contributed by atoms with Gasteiger partial charge in [-0.05, 0) is 31.2 Å². The quantitative estimate of drug-likeness (QED) is 0.446. The number of nitrogens with zero attached hydrogens (tertiary/aromatic N) is 6. The van der Waals surface area contributed by atoms with Gasteiger partial charge in [0.2, 0.25) is 5.16 Å². The Morgan fingerprint density at radius 1 is 0.926 bits per heavy atom. The molecule has 0 N–H and O–H groups in total. The summed E-state index contributed by atoms with van der Waals surface area (Å²) >= 11 is 1.58. The molecule has 0 radical (unpaired) electrons. The summed E-state index contributed by atoms with van der Waals surface area (Å²) in [5, 5.41) is 14.0. The third-order valence-corrected chi connectivity index (χ3v) is 5.30. The van der Waals surface area contributed by atoms with Gasteiger partial charge < -0.3 is 4.40 Å². The van der Waals surface area contributed by atoms with Crippen LogP contribution in [0.4, 0.5) is 0 Å². The number of hydrogen-bond acceptors (Lipinski definition) is 5. The third-order valence-electron chi connectivity index (χ3n) is 4.34. The molecule has 0 aliphatic heterocycles. The van der Waals surface area contributed by atoms with Crippen LogP contribution in [0.2, 0.25) is 0 Å². The molecular formula is C20H16N6S. The monoisotopic (exact) mass is 372 g/mol. The predicted octanol–water partition coefficient (Wildman–Crippen LogP) is 4.04. The molecule has 0 saturated carbocycles. The topological polar surface area (TPSA) is 60.4 Å². The summed E-state index contributed by atoms with van der Waals surface area (Å²) in [4.78, 5) is 4.63. The first-order chi connectivity index (χ1) is 13.3. The molecule has 0 saturated heterocycles. The minimum atomic E-state index is 0.707. The van der Waals surface area contributed by atoms with Gasteiger partial charge in [-0.15, -0.1) is 10.2 Å². The third kappa shape index (κ3) is 3.06. The van der Waals surface area contributed by atoms with Crippen molar-refractivity contribution in [3.63, 3.8) is 0 Å². The van der Waals surface area contributed by atoms with Crippen molar-refractivity contribution in [3.05, 3.63) is 78.2 Å². The molecule has 0 amide bonds. The molecule has 0 aliphatic rings. The van der Waals surface area contributed by atoms with Gasteiger partial charge in [-0.2, -0.15) is 9.61 Å². The molecule has 27 heavy (non-hydrogen) atoms. The first-order valence-electron chi connectivity index (χ1n) is 8.61. The molecule has 0 unspecified atom stereocenters. The molecule has 0 fully saturated rings. The molecule has 6 nitrogen and oxygen atoms in total. The van der Waals surface area contributed by atoms with Crippen LogP contribution >= 0.6 is 11.8 Å². The summed E-state index contributed by atoms with van der Waals surface area (Å²) in [6.07, 6.45) is 4.04. The van der Waals surface area contributed by atoms with E-state index in [-0.39, 0.29) is 0 Å². The molecule has 1 aromatic carbocycles. The van der Waals surface area contributed by atoms with Gasteiger partial charge in [-0.3, -0.25) is 0 Å². The largest absolute Gasteiger partial charge is 0.307 e. The molecular weight excluding hydrogens is 356 g/mol. The van der Waals surface area contributed by atoms with Crippen molar-refractivity contribution < 1.29 is 0 Å². The number of fused-ring (bicyclic) bond motifs is 2. The number of hydrogen-bond donors (Lipinski definition) is 0.